The molecule has 7 nitrogen and oxygen atoms in total. The molecule has 3 N–H and O–H groups in total. The van der Waals surface area contributed by atoms with Crippen LogP contribution in [-0.4, -0.2) is 35.3 Å². The summed E-state index contributed by atoms with van der Waals surface area (Å²) in [5.41, 5.74) is 7.23. The van der Waals surface area contributed by atoms with Crippen molar-refractivity contribution in [2.24, 2.45) is 0 Å². The number of nitrogens with two attached hydrogens (primary N) is 1. The van der Waals surface area contributed by atoms with Crippen molar-refractivity contribution in [3.63, 3.8) is 0 Å². The van der Waals surface area contributed by atoms with Gasteiger partial charge in [-0.2, -0.15) is 4.98 Å². The van der Waals surface area contributed by atoms with E-state index in [4.69, 9.17) is 15.2 Å². The van der Waals surface area contributed by atoms with Gasteiger partial charge in [0.2, 0.25) is 5.88 Å². The molecule has 0 bridgehead atoms. The fourth-order valence-corrected chi connectivity index (χ4v) is 1.53. The average molecular weight is 275 g/mol. The first-order valence-corrected chi connectivity index (χ1v) is 6.17. The molecule has 0 aromatic carbocycles. The first-order chi connectivity index (χ1) is 9.81. The zero-order valence-corrected chi connectivity index (χ0v) is 11.2. The van der Waals surface area contributed by atoms with E-state index < -0.39 is 0 Å². The quantitative estimate of drug-likeness (QED) is 0.730. The molecule has 0 aliphatic heterocycles. The number of pyridine rings is 1. The number of hydrogen-bond donors (Lipinski definition) is 2. The lowest BCUT2D eigenvalue weighted by Crippen LogP contribution is -2.11. The second-order valence-electron chi connectivity index (χ2n) is 3.96. The van der Waals surface area contributed by atoms with Crippen LogP contribution in [0.3, 0.4) is 0 Å². The van der Waals surface area contributed by atoms with E-state index >= 15 is 0 Å². The Morgan fingerprint density at radius 2 is 2.10 bits per heavy atom. The van der Waals surface area contributed by atoms with Gasteiger partial charge in [0.15, 0.2) is 5.82 Å². The molecule has 2 aromatic heterocycles. The standard InChI is InChI=1S/C13H17N5O2/c1-19-6-7-20-13-11(14)12(17-9-18-13)16-8-10-4-2-3-5-15-10/h2-5,9H,6-8,14H2,1H3,(H,16,17,18). The van der Waals surface area contributed by atoms with Crippen molar-refractivity contribution in [2.75, 3.05) is 31.4 Å². The minimum absolute atomic E-state index is 0.348. The molecule has 7 heteroatoms. The number of hydrogen-bond acceptors (Lipinski definition) is 7. The van der Waals surface area contributed by atoms with Gasteiger partial charge < -0.3 is 20.5 Å². The minimum Gasteiger partial charge on any atom is -0.474 e. The fraction of sp³-hybridized carbons (Fsp3) is 0.308. The van der Waals surface area contributed by atoms with Crippen molar-refractivity contribution < 1.29 is 9.47 Å². The topological polar surface area (TPSA) is 95.2 Å². The Morgan fingerprint density at radius 3 is 2.85 bits per heavy atom. The summed E-state index contributed by atoms with van der Waals surface area (Å²) in [5.74, 6) is 0.874. The Hall–Kier alpha value is -2.41. The molecule has 0 aliphatic carbocycles. The zero-order valence-electron chi connectivity index (χ0n) is 11.2. The molecule has 0 radical (unpaired) electrons. The van der Waals surface area contributed by atoms with Crippen LogP contribution in [0.4, 0.5) is 11.5 Å². The smallest absolute Gasteiger partial charge is 0.242 e. The SMILES string of the molecule is COCCOc1ncnc(NCc2ccccn2)c1N. The predicted octanol–water partition coefficient (Wildman–Crippen LogP) is 1.09. The van der Waals surface area contributed by atoms with Crippen molar-refractivity contribution in [1.29, 1.82) is 0 Å². The zero-order chi connectivity index (χ0) is 14.2. The summed E-state index contributed by atoms with van der Waals surface area (Å²) in [5, 5.41) is 3.11. The Labute approximate surface area is 117 Å². The van der Waals surface area contributed by atoms with E-state index in [-0.39, 0.29) is 0 Å². The summed E-state index contributed by atoms with van der Waals surface area (Å²) in [4.78, 5) is 12.3. The molecule has 0 unspecified atom stereocenters. The number of nitrogen functional groups attached to an aromatic ring is 1. The van der Waals surface area contributed by atoms with Crippen molar-refractivity contribution in [3.05, 3.63) is 36.4 Å². The molecule has 0 amide bonds. The Kier molecular flexibility index (Phi) is 5.08. The summed E-state index contributed by atoms with van der Waals surface area (Å²) in [6, 6.07) is 5.71. The highest BCUT2D eigenvalue weighted by molar-refractivity contribution is 5.66. The van der Waals surface area contributed by atoms with Crippen LogP contribution in [0, 0.1) is 0 Å². The highest BCUT2D eigenvalue weighted by atomic mass is 16.5. The van der Waals surface area contributed by atoms with Crippen LogP contribution in [0.5, 0.6) is 5.88 Å². The van der Waals surface area contributed by atoms with Crippen molar-refractivity contribution in [2.45, 2.75) is 6.54 Å². The van der Waals surface area contributed by atoms with Crippen LogP contribution in [0.1, 0.15) is 5.69 Å². The summed E-state index contributed by atoms with van der Waals surface area (Å²) < 4.78 is 10.3. The molecule has 2 heterocycles. The predicted molar refractivity (Wildman–Crippen MR) is 75.4 cm³/mol. The van der Waals surface area contributed by atoms with Crippen molar-refractivity contribution in [3.8, 4) is 5.88 Å². The largest absolute Gasteiger partial charge is 0.474 e. The molecule has 0 spiro atoms. The average Bonchev–Trinajstić information content (AvgIpc) is 2.49. The van der Waals surface area contributed by atoms with E-state index in [9.17, 15) is 0 Å². The molecular formula is C13H17N5O2. The van der Waals surface area contributed by atoms with Crippen LogP contribution in [0.2, 0.25) is 0 Å². The number of nitrogens with one attached hydrogen (secondary N) is 1. The van der Waals surface area contributed by atoms with Crippen molar-refractivity contribution >= 4 is 11.5 Å². The number of aromatic nitrogens is 3. The number of nitrogens with zero attached hydrogens (tertiary/aromatic N) is 3. The molecule has 0 aliphatic rings. The third-order valence-electron chi connectivity index (χ3n) is 2.54. The lowest BCUT2D eigenvalue weighted by atomic mass is 10.3. The minimum atomic E-state index is 0.348. The lowest BCUT2D eigenvalue weighted by molar-refractivity contribution is 0.144. The van der Waals surface area contributed by atoms with E-state index in [1.165, 1.54) is 6.33 Å². The lowest BCUT2D eigenvalue weighted by Gasteiger charge is -2.11. The summed E-state index contributed by atoms with van der Waals surface area (Å²) in [6.07, 6.45) is 3.14. The Morgan fingerprint density at radius 1 is 1.20 bits per heavy atom. The number of methoxy groups -OCH3 is 1. The van der Waals surface area contributed by atoms with Crippen LogP contribution in [0.15, 0.2) is 30.7 Å². The first kappa shape index (κ1) is 14.0. The molecule has 0 saturated carbocycles. The maximum Gasteiger partial charge on any atom is 0.242 e. The van der Waals surface area contributed by atoms with Gasteiger partial charge in [0.25, 0.3) is 0 Å². The number of rotatable bonds is 7. The number of ether oxygens (including phenoxy) is 2. The van der Waals surface area contributed by atoms with Gasteiger partial charge in [-0.3, -0.25) is 4.98 Å². The maximum absolute atomic E-state index is 5.96. The molecule has 2 rings (SSSR count). The molecule has 20 heavy (non-hydrogen) atoms. The van der Waals surface area contributed by atoms with Crippen LogP contribution in [0.25, 0.3) is 0 Å². The van der Waals surface area contributed by atoms with E-state index in [0.717, 1.165) is 5.69 Å². The summed E-state index contributed by atoms with van der Waals surface area (Å²) in [6.45, 7) is 1.39. The third kappa shape index (κ3) is 3.79. The van der Waals surface area contributed by atoms with Crippen LogP contribution < -0.4 is 15.8 Å². The monoisotopic (exact) mass is 275 g/mol. The molecular weight excluding hydrogens is 258 g/mol. The second-order valence-corrected chi connectivity index (χ2v) is 3.96. The van der Waals surface area contributed by atoms with Gasteiger partial charge in [0.1, 0.15) is 18.6 Å². The van der Waals surface area contributed by atoms with Crippen molar-refractivity contribution in [1.82, 2.24) is 15.0 Å². The van der Waals surface area contributed by atoms with Gasteiger partial charge in [-0.1, -0.05) is 6.07 Å². The molecule has 0 fully saturated rings. The molecule has 2 aromatic rings. The highest BCUT2D eigenvalue weighted by Gasteiger charge is 2.09. The third-order valence-corrected chi connectivity index (χ3v) is 2.54. The van der Waals surface area contributed by atoms with Gasteiger partial charge in [-0.25, -0.2) is 4.98 Å². The highest BCUT2D eigenvalue weighted by Crippen LogP contribution is 2.24. The maximum atomic E-state index is 5.96. The first-order valence-electron chi connectivity index (χ1n) is 6.17. The van der Waals surface area contributed by atoms with E-state index in [1.807, 2.05) is 18.2 Å². The molecule has 0 saturated heterocycles. The Bertz CT molecular complexity index is 536. The normalized spacial score (nSPS) is 10.2. The van der Waals surface area contributed by atoms with Gasteiger partial charge in [0.05, 0.1) is 18.8 Å². The fourth-order valence-electron chi connectivity index (χ4n) is 1.53. The van der Waals surface area contributed by atoms with E-state index in [1.54, 1.807) is 13.3 Å². The van der Waals surface area contributed by atoms with Crippen LogP contribution >= 0.6 is 0 Å². The van der Waals surface area contributed by atoms with Crippen LogP contribution in [-0.2, 0) is 11.3 Å². The Balaban J connectivity index is 1.99. The number of anilines is 2. The molecule has 0 atom stereocenters. The summed E-state index contributed by atoms with van der Waals surface area (Å²) in [7, 11) is 1.60. The van der Waals surface area contributed by atoms with E-state index in [0.29, 0.717) is 37.1 Å². The van der Waals surface area contributed by atoms with Gasteiger partial charge in [0, 0.05) is 13.3 Å². The summed E-state index contributed by atoms with van der Waals surface area (Å²) >= 11 is 0. The second kappa shape index (κ2) is 7.25. The van der Waals surface area contributed by atoms with Gasteiger partial charge >= 0.3 is 0 Å². The van der Waals surface area contributed by atoms with Gasteiger partial charge in [-0.15, -0.1) is 0 Å². The molecule has 106 valence electrons. The van der Waals surface area contributed by atoms with Gasteiger partial charge in [-0.05, 0) is 12.1 Å². The van der Waals surface area contributed by atoms with E-state index in [2.05, 4.69) is 20.3 Å².